The first-order valence-electron chi connectivity index (χ1n) is 3.75. The monoisotopic (exact) mass is 186 g/mol. The summed E-state index contributed by atoms with van der Waals surface area (Å²) in [6.07, 6.45) is 1.64. The first-order valence-corrected chi connectivity index (χ1v) is 3.75. The van der Waals surface area contributed by atoms with Crippen molar-refractivity contribution in [2.24, 2.45) is 7.05 Å². The van der Waals surface area contributed by atoms with E-state index in [0.29, 0.717) is 5.69 Å². The van der Waals surface area contributed by atoms with E-state index in [4.69, 9.17) is 15.9 Å². The van der Waals surface area contributed by atoms with Crippen molar-refractivity contribution in [1.82, 2.24) is 4.57 Å². The zero-order valence-corrected chi connectivity index (χ0v) is 7.47. The van der Waals surface area contributed by atoms with Crippen LogP contribution in [0, 0.1) is 0 Å². The molecule has 0 aliphatic rings. The Balaban J connectivity index is 0.000000310. The number of pyridine rings is 1. The third kappa shape index (κ3) is 5.00. The van der Waals surface area contributed by atoms with Gasteiger partial charge in [-0.3, -0.25) is 4.79 Å². The second-order valence-electron chi connectivity index (χ2n) is 2.36. The van der Waals surface area contributed by atoms with E-state index < -0.39 is 0 Å². The highest BCUT2D eigenvalue weighted by atomic mass is 16.3. The van der Waals surface area contributed by atoms with Gasteiger partial charge in [0.15, 0.2) is 0 Å². The Hall–Kier alpha value is -1.33. The van der Waals surface area contributed by atoms with E-state index in [9.17, 15) is 4.79 Å². The number of rotatable bonds is 1. The molecule has 0 atom stereocenters. The molecule has 1 rings (SSSR count). The molecule has 0 saturated carbocycles. The third-order valence-electron chi connectivity index (χ3n) is 1.23. The van der Waals surface area contributed by atoms with Gasteiger partial charge >= 0.3 is 0 Å². The van der Waals surface area contributed by atoms with Crippen molar-refractivity contribution in [3.05, 3.63) is 28.7 Å². The molecule has 0 aromatic carbocycles. The maximum Gasteiger partial charge on any atom is 0.252 e. The van der Waals surface area contributed by atoms with Crippen molar-refractivity contribution in [3.8, 4) is 0 Å². The minimum atomic E-state index is -0.125. The first-order chi connectivity index (χ1) is 6.11. The third-order valence-corrected chi connectivity index (χ3v) is 1.23. The Morgan fingerprint density at radius 1 is 1.46 bits per heavy atom. The average Bonchev–Trinajstić information content (AvgIpc) is 2.12. The standard InChI is InChI=1S/C6H8N2O.C2H6O2/c1-8-3-2-5(7)4-6(8)9;3-1-2-4/h2-4H,7H2,1H3;3-4H,1-2H2. The van der Waals surface area contributed by atoms with Crippen LogP contribution < -0.4 is 11.3 Å². The van der Waals surface area contributed by atoms with Gasteiger partial charge in [0, 0.05) is 25.0 Å². The molecule has 1 aromatic heterocycles. The van der Waals surface area contributed by atoms with Crippen LogP contribution in [0.3, 0.4) is 0 Å². The number of nitrogen functional groups attached to an aromatic ring is 1. The lowest BCUT2D eigenvalue weighted by molar-refractivity contribution is 0.186. The summed E-state index contributed by atoms with van der Waals surface area (Å²) in [5.41, 5.74) is 5.75. The van der Waals surface area contributed by atoms with Gasteiger partial charge in [0.25, 0.3) is 5.56 Å². The summed E-state index contributed by atoms with van der Waals surface area (Å²) in [7, 11) is 1.68. The summed E-state index contributed by atoms with van der Waals surface area (Å²) in [6.45, 7) is -0.250. The topological polar surface area (TPSA) is 88.5 Å². The number of hydrogen-bond donors (Lipinski definition) is 3. The molecule has 0 aliphatic carbocycles. The van der Waals surface area contributed by atoms with Crippen LogP contribution >= 0.6 is 0 Å². The van der Waals surface area contributed by atoms with Crippen LogP contribution in [0.15, 0.2) is 23.1 Å². The molecule has 1 heterocycles. The molecule has 5 heteroatoms. The molecule has 74 valence electrons. The molecular weight excluding hydrogens is 172 g/mol. The summed E-state index contributed by atoms with van der Waals surface area (Å²) >= 11 is 0. The Bertz CT molecular complexity index is 294. The Labute approximate surface area is 76.1 Å². The van der Waals surface area contributed by atoms with E-state index in [1.807, 2.05) is 0 Å². The van der Waals surface area contributed by atoms with E-state index in [2.05, 4.69) is 0 Å². The first kappa shape index (κ1) is 11.7. The number of aryl methyl sites for hydroxylation is 1. The molecule has 4 N–H and O–H groups in total. The number of hydrogen-bond acceptors (Lipinski definition) is 4. The smallest absolute Gasteiger partial charge is 0.252 e. The van der Waals surface area contributed by atoms with Crippen molar-refractivity contribution in [3.63, 3.8) is 0 Å². The largest absolute Gasteiger partial charge is 0.399 e. The van der Waals surface area contributed by atoms with Gasteiger partial charge in [0.1, 0.15) is 0 Å². The summed E-state index contributed by atoms with van der Waals surface area (Å²) in [5.74, 6) is 0. The fraction of sp³-hybridized carbons (Fsp3) is 0.375. The van der Waals surface area contributed by atoms with E-state index >= 15 is 0 Å². The van der Waals surface area contributed by atoms with Crippen LogP contribution in [0.2, 0.25) is 0 Å². The summed E-state index contributed by atoms with van der Waals surface area (Å²) < 4.78 is 1.47. The summed E-state index contributed by atoms with van der Waals surface area (Å²) in [5, 5.41) is 15.2. The van der Waals surface area contributed by atoms with Gasteiger partial charge in [-0.2, -0.15) is 0 Å². The molecule has 0 amide bonds. The Morgan fingerprint density at radius 3 is 2.31 bits per heavy atom. The van der Waals surface area contributed by atoms with E-state index in [1.165, 1.54) is 10.6 Å². The van der Waals surface area contributed by atoms with Crippen molar-refractivity contribution in [2.75, 3.05) is 18.9 Å². The fourth-order valence-electron chi connectivity index (χ4n) is 0.564. The zero-order valence-electron chi connectivity index (χ0n) is 7.47. The van der Waals surface area contributed by atoms with Gasteiger partial charge in [0.2, 0.25) is 0 Å². The van der Waals surface area contributed by atoms with Crippen molar-refractivity contribution in [1.29, 1.82) is 0 Å². The Morgan fingerprint density at radius 2 is 2.00 bits per heavy atom. The van der Waals surface area contributed by atoms with Crippen molar-refractivity contribution in [2.45, 2.75) is 0 Å². The minimum Gasteiger partial charge on any atom is -0.399 e. The highest BCUT2D eigenvalue weighted by Crippen LogP contribution is 1.91. The molecule has 0 aliphatic heterocycles. The number of aliphatic hydroxyl groups is 2. The molecule has 0 saturated heterocycles. The number of nitrogens with two attached hydrogens (primary N) is 1. The maximum absolute atomic E-state index is 10.7. The van der Waals surface area contributed by atoms with Crippen LogP contribution in [0.5, 0.6) is 0 Å². The Kier molecular flexibility index (Phi) is 5.58. The number of aromatic nitrogens is 1. The molecule has 0 bridgehead atoms. The van der Waals surface area contributed by atoms with Gasteiger partial charge < -0.3 is 20.5 Å². The molecular formula is C8H14N2O3. The molecule has 0 radical (unpaired) electrons. The van der Waals surface area contributed by atoms with Gasteiger partial charge in [-0.25, -0.2) is 0 Å². The molecule has 5 nitrogen and oxygen atoms in total. The van der Waals surface area contributed by atoms with Gasteiger partial charge in [-0.15, -0.1) is 0 Å². The number of nitrogens with zero attached hydrogens (tertiary/aromatic N) is 1. The average molecular weight is 186 g/mol. The zero-order chi connectivity index (χ0) is 10.3. The lowest BCUT2D eigenvalue weighted by Gasteiger charge is -1.94. The van der Waals surface area contributed by atoms with Crippen LogP contribution in [-0.2, 0) is 7.05 Å². The number of aliphatic hydroxyl groups excluding tert-OH is 2. The highest BCUT2D eigenvalue weighted by molar-refractivity contribution is 5.34. The van der Waals surface area contributed by atoms with Crippen LogP contribution in [0.4, 0.5) is 5.69 Å². The summed E-state index contributed by atoms with van der Waals surface area (Å²) in [6, 6.07) is 3.07. The summed E-state index contributed by atoms with van der Waals surface area (Å²) in [4.78, 5) is 10.7. The second-order valence-corrected chi connectivity index (χ2v) is 2.36. The maximum atomic E-state index is 10.7. The molecule has 0 spiro atoms. The number of anilines is 1. The molecule has 0 unspecified atom stereocenters. The minimum absolute atomic E-state index is 0.0741. The van der Waals surface area contributed by atoms with Gasteiger partial charge in [-0.05, 0) is 6.07 Å². The van der Waals surface area contributed by atoms with Crippen LogP contribution in [-0.4, -0.2) is 28.0 Å². The van der Waals surface area contributed by atoms with E-state index in [0.717, 1.165) is 0 Å². The SMILES string of the molecule is Cn1ccc(N)cc1=O.OCCO. The second kappa shape index (κ2) is 6.22. The fourth-order valence-corrected chi connectivity index (χ4v) is 0.564. The highest BCUT2D eigenvalue weighted by Gasteiger charge is 1.87. The van der Waals surface area contributed by atoms with Crippen LogP contribution in [0.1, 0.15) is 0 Å². The normalized spacial score (nSPS) is 8.85. The predicted molar refractivity (Wildman–Crippen MR) is 50.3 cm³/mol. The van der Waals surface area contributed by atoms with Gasteiger partial charge in [-0.1, -0.05) is 0 Å². The quantitative estimate of drug-likeness (QED) is 0.521. The van der Waals surface area contributed by atoms with Crippen molar-refractivity contribution < 1.29 is 10.2 Å². The molecule has 1 aromatic rings. The van der Waals surface area contributed by atoms with Crippen molar-refractivity contribution >= 4 is 5.69 Å². The predicted octanol–water partition coefficient (Wildman–Crippen LogP) is -1.06. The van der Waals surface area contributed by atoms with Gasteiger partial charge in [0.05, 0.1) is 13.2 Å². The lowest BCUT2D eigenvalue weighted by atomic mass is 10.4. The molecule has 0 fully saturated rings. The van der Waals surface area contributed by atoms with E-state index in [1.54, 1.807) is 19.3 Å². The van der Waals surface area contributed by atoms with Crippen LogP contribution in [0.25, 0.3) is 0 Å². The van der Waals surface area contributed by atoms with E-state index in [-0.39, 0.29) is 18.8 Å². The molecule has 13 heavy (non-hydrogen) atoms. The lowest BCUT2D eigenvalue weighted by Crippen LogP contribution is -2.14.